The highest BCUT2D eigenvalue weighted by atomic mass is 32.1. The van der Waals surface area contributed by atoms with Crippen molar-refractivity contribution in [2.75, 3.05) is 0 Å². The normalized spacial score (nSPS) is 23.7. The van der Waals surface area contributed by atoms with Crippen LogP contribution in [0, 0.1) is 5.92 Å². The molecule has 0 unspecified atom stereocenters. The van der Waals surface area contributed by atoms with Gasteiger partial charge in [-0.3, -0.25) is 9.69 Å². The summed E-state index contributed by atoms with van der Waals surface area (Å²) in [5.74, 6) is 0.281. The zero-order valence-corrected chi connectivity index (χ0v) is 12.5. The molecule has 1 N–H and O–H groups in total. The number of urea groups is 1. The van der Waals surface area contributed by atoms with Crippen LogP contribution in [0.4, 0.5) is 4.79 Å². The Kier molecular flexibility index (Phi) is 2.79. The molecule has 2 fully saturated rings. The van der Waals surface area contributed by atoms with Crippen LogP contribution in [0.5, 0.6) is 0 Å². The van der Waals surface area contributed by atoms with Gasteiger partial charge in [-0.2, -0.15) is 0 Å². The molecule has 0 spiro atoms. The number of rotatable bonds is 3. The third kappa shape index (κ3) is 1.95. The highest BCUT2D eigenvalue weighted by Crippen LogP contribution is 2.39. The largest absolute Gasteiger partial charge is 0.325 e. The molecular weight excluding hydrogens is 284 g/mol. The summed E-state index contributed by atoms with van der Waals surface area (Å²) < 4.78 is 1.19. The molecule has 4 rings (SSSR count). The molecule has 2 aliphatic rings. The summed E-state index contributed by atoms with van der Waals surface area (Å²) in [5, 5.41) is 6.03. The number of benzene rings is 1. The molecule has 108 valence electrons. The van der Waals surface area contributed by atoms with Gasteiger partial charge in [0, 0.05) is 4.70 Å². The lowest BCUT2D eigenvalue weighted by atomic mass is 10.1. The predicted octanol–water partition coefficient (Wildman–Crippen LogP) is 3.29. The number of hydrogen-bond donors (Lipinski definition) is 1. The van der Waals surface area contributed by atoms with E-state index < -0.39 is 0 Å². The first-order valence-corrected chi connectivity index (χ1v) is 8.14. The maximum atomic E-state index is 12.5. The van der Waals surface area contributed by atoms with Crippen molar-refractivity contribution in [1.82, 2.24) is 10.2 Å². The molecule has 0 radical (unpaired) electrons. The van der Waals surface area contributed by atoms with Crippen molar-refractivity contribution in [2.45, 2.75) is 31.8 Å². The van der Waals surface area contributed by atoms with Gasteiger partial charge in [-0.05, 0) is 48.1 Å². The maximum absolute atomic E-state index is 12.5. The van der Waals surface area contributed by atoms with E-state index in [1.165, 1.54) is 9.60 Å². The first-order valence-electron chi connectivity index (χ1n) is 7.26. The number of amides is 3. The molecule has 1 aliphatic heterocycles. The van der Waals surface area contributed by atoms with Crippen LogP contribution in [-0.4, -0.2) is 22.9 Å². The van der Waals surface area contributed by atoms with Gasteiger partial charge >= 0.3 is 6.03 Å². The Morgan fingerprint density at radius 1 is 1.29 bits per heavy atom. The van der Waals surface area contributed by atoms with Crippen molar-refractivity contribution in [2.24, 2.45) is 5.92 Å². The van der Waals surface area contributed by atoms with E-state index in [4.69, 9.17) is 0 Å². The van der Waals surface area contributed by atoms with Crippen molar-refractivity contribution >= 4 is 33.4 Å². The van der Waals surface area contributed by atoms with Crippen LogP contribution in [0.2, 0.25) is 0 Å². The molecule has 0 bridgehead atoms. The molecule has 21 heavy (non-hydrogen) atoms. The van der Waals surface area contributed by atoms with E-state index in [0.717, 1.165) is 23.8 Å². The van der Waals surface area contributed by atoms with Crippen molar-refractivity contribution in [3.8, 4) is 0 Å². The second-order valence-electron chi connectivity index (χ2n) is 5.84. The Bertz CT molecular complexity index is 735. The van der Waals surface area contributed by atoms with Gasteiger partial charge in [0.15, 0.2) is 0 Å². The Labute approximate surface area is 126 Å². The summed E-state index contributed by atoms with van der Waals surface area (Å²) in [5.41, 5.74) is 1.05. The van der Waals surface area contributed by atoms with Gasteiger partial charge in [0.05, 0.1) is 6.04 Å². The van der Waals surface area contributed by atoms with Crippen LogP contribution in [0.1, 0.15) is 31.4 Å². The summed E-state index contributed by atoms with van der Waals surface area (Å²) >= 11 is 1.65. The zero-order valence-electron chi connectivity index (χ0n) is 11.7. The minimum Gasteiger partial charge on any atom is -0.325 e. The molecule has 2 atom stereocenters. The quantitative estimate of drug-likeness (QED) is 0.884. The van der Waals surface area contributed by atoms with E-state index in [1.807, 2.05) is 19.1 Å². The molecule has 1 aliphatic carbocycles. The molecule has 4 nitrogen and oxygen atoms in total. The summed E-state index contributed by atoms with van der Waals surface area (Å²) in [4.78, 5) is 26.1. The monoisotopic (exact) mass is 300 g/mol. The summed E-state index contributed by atoms with van der Waals surface area (Å²) in [7, 11) is 0. The molecule has 1 aromatic carbocycles. The van der Waals surface area contributed by atoms with E-state index in [9.17, 15) is 9.59 Å². The van der Waals surface area contributed by atoms with Gasteiger partial charge in [-0.15, -0.1) is 11.3 Å². The van der Waals surface area contributed by atoms with Crippen LogP contribution in [0.3, 0.4) is 0 Å². The first kappa shape index (κ1) is 12.8. The average Bonchev–Trinajstić information content (AvgIpc) is 3.15. The number of thiophene rings is 1. The highest BCUT2D eigenvalue weighted by molar-refractivity contribution is 7.17. The zero-order chi connectivity index (χ0) is 14.6. The minimum atomic E-state index is -0.301. The summed E-state index contributed by atoms with van der Waals surface area (Å²) in [6, 6.07) is 7.33. The van der Waals surface area contributed by atoms with Crippen molar-refractivity contribution in [1.29, 1.82) is 0 Å². The molecule has 1 saturated heterocycles. The molecule has 1 aromatic heterocycles. The van der Waals surface area contributed by atoms with Gasteiger partial charge in [-0.25, -0.2) is 4.79 Å². The van der Waals surface area contributed by atoms with Gasteiger partial charge in [0.1, 0.15) is 6.04 Å². The van der Waals surface area contributed by atoms with E-state index in [0.29, 0.717) is 5.92 Å². The molecule has 2 heterocycles. The molecule has 1 saturated carbocycles. The van der Waals surface area contributed by atoms with Crippen LogP contribution >= 0.6 is 11.3 Å². The lowest BCUT2D eigenvalue weighted by Gasteiger charge is -2.21. The van der Waals surface area contributed by atoms with E-state index in [2.05, 4.69) is 22.8 Å². The Morgan fingerprint density at radius 2 is 2.05 bits per heavy atom. The smallest absolute Gasteiger partial charge is 0.325 e. The number of imide groups is 1. The van der Waals surface area contributed by atoms with Gasteiger partial charge in [-0.1, -0.05) is 18.2 Å². The first-order chi connectivity index (χ1) is 10.2. The molecule has 5 heteroatoms. The summed E-state index contributed by atoms with van der Waals surface area (Å²) in [6.45, 7) is 1.93. The molecule has 2 aromatic rings. The molecule has 3 amide bonds. The number of carbonyl (C=O) groups excluding carboxylic acids is 2. The minimum absolute atomic E-state index is 0.0646. The number of nitrogens with zero attached hydrogens (tertiary/aromatic N) is 1. The van der Waals surface area contributed by atoms with Crippen molar-refractivity contribution in [3.05, 3.63) is 35.2 Å². The van der Waals surface area contributed by atoms with E-state index in [-0.39, 0.29) is 24.0 Å². The fourth-order valence-electron chi connectivity index (χ4n) is 3.09. The van der Waals surface area contributed by atoms with Crippen LogP contribution in [0.25, 0.3) is 10.1 Å². The topological polar surface area (TPSA) is 49.4 Å². The number of carbonyl (C=O) groups is 2. The van der Waals surface area contributed by atoms with Gasteiger partial charge in [0.2, 0.25) is 0 Å². The van der Waals surface area contributed by atoms with Crippen LogP contribution < -0.4 is 5.32 Å². The van der Waals surface area contributed by atoms with E-state index >= 15 is 0 Å². The molecular formula is C16H16N2O2S. The number of hydrogen-bond acceptors (Lipinski definition) is 3. The lowest BCUT2D eigenvalue weighted by molar-refractivity contribution is -0.129. The Morgan fingerprint density at radius 3 is 2.81 bits per heavy atom. The maximum Gasteiger partial charge on any atom is 0.325 e. The fraction of sp³-hybridized carbons (Fsp3) is 0.375. The van der Waals surface area contributed by atoms with Gasteiger partial charge < -0.3 is 5.32 Å². The SMILES string of the molecule is C[C@H](c1csc2ccccc12)N1C(=O)N[C@@H](C2CC2)C1=O. The summed E-state index contributed by atoms with van der Waals surface area (Å²) in [6.07, 6.45) is 2.08. The van der Waals surface area contributed by atoms with Gasteiger partial charge in [0.25, 0.3) is 5.91 Å². The third-order valence-electron chi connectivity index (χ3n) is 4.44. The Hall–Kier alpha value is -1.88. The Balaban J connectivity index is 1.69. The number of fused-ring (bicyclic) bond motifs is 1. The highest BCUT2D eigenvalue weighted by Gasteiger charge is 2.48. The number of nitrogens with one attached hydrogen (secondary N) is 1. The van der Waals surface area contributed by atoms with Crippen molar-refractivity contribution < 1.29 is 9.59 Å². The lowest BCUT2D eigenvalue weighted by Crippen LogP contribution is -2.34. The predicted molar refractivity (Wildman–Crippen MR) is 82.1 cm³/mol. The average molecular weight is 300 g/mol. The fourth-order valence-corrected chi connectivity index (χ4v) is 4.14. The van der Waals surface area contributed by atoms with Crippen LogP contribution in [0.15, 0.2) is 29.6 Å². The second-order valence-corrected chi connectivity index (χ2v) is 6.75. The van der Waals surface area contributed by atoms with E-state index in [1.54, 1.807) is 11.3 Å². The standard InChI is InChI=1S/C16H16N2O2S/c1-9(12-8-21-13-5-3-2-4-11(12)13)18-15(19)14(10-6-7-10)17-16(18)20/h2-5,8-10,14H,6-7H2,1H3,(H,17,20)/t9-,14+/m1/s1. The second kappa shape index (κ2) is 4.56. The van der Waals surface area contributed by atoms with Crippen LogP contribution in [-0.2, 0) is 4.79 Å². The van der Waals surface area contributed by atoms with Crippen molar-refractivity contribution in [3.63, 3.8) is 0 Å². The third-order valence-corrected chi connectivity index (χ3v) is 5.42.